The number of carboxylic acid groups (broad SMARTS) is 1. The third kappa shape index (κ3) is 3.88. The van der Waals surface area contributed by atoms with Crippen molar-refractivity contribution < 1.29 is 14.3 Å². The summed E-state index contributed by atoms with van der Waals surface area (Å²) in [4.78, 5) is 14.0. The van der Waals surface area contributed by atoms with Crippen LogP contribution in [0.5, 0.6) is 0 Å². The summed E-state index contributed by atoms with van der Waals surface area (Å²) in [5, 5.41) is 10.8. The van der Waals surface area contributed by atoms with Gasteiger partial charge >= 0.3 is 5.97 Å². The van der Waals surface area contributed by atoms with Crippen LogP contribution in [0.15, 0.2) is 34.1 Å². The van der Waals surface area contributed by atoms with Crippen LogP contribution < -0.4 is 0 Å². The van der Waals surface area contributed by atoms with Crippen LogP contribution in [0.1, 0.15) is 20.8 Å². The van der Waals surface area contributed by atoms with E-state index in [1.165, 1.54) is 17.0 Å². The normalized spacial score (nSPS) is 11.0. The lowest BCUT2D eigenvalue weighted by molar-refractivity contribution is 0.0692. The van der Waals surface area contributed by atoms with E-state index in [-0.39, 0.29) is 5.56 Å². The predicted octanol–water partition coefficient (Wildman–Crippen LogP) is 3.98. The van der Waals surface area contributed by atoms with Crippen molar-refractivity contribution in [3.8, 4) is 0 Å². The van der Waals surface area contributed by atoms with Crippen molar-refractivity contribution in [3.63, 3.8) is 0 Å². The zero-order chi connectivity index (χ0) is 14.7. The van der Waals surface area contributed by atoms with E-state index < -0.39 is 11.8 Å². The van der Waals surface area contributed by atoms with Gasteiger partial charge in [-0.3, -0.25) is 4.90 Å². The van der Waals surface area contributed by atoms with Crippen molar-refractivity contribution in [2.24, 2.45) is 0 Å². The van der Waals surface area contributed by atoms with Gasteiger partial charge in [0.25, 0.3) is 0 Å². The molecule has 1 aromatic carbocycles. The highest BCUT2D eigenvalue weighted by molar-refractivity contribution is 9.10. The summed E-state index contributed by atoms with van der Waals surface area (Å²) in [6, 6.07) is 6.29. The van der Waals surface area contributed by atoms with Gasteiger partial charge in [-0.1, -0.05) is 6.07 Å². The minimum Gasteiger partial charge on any atom is -0.478 e. The maximum absolute atomic E-state index is 13.6. The van der Waals surface area contributed by atoms with Gasteiger partial charge in [0, 0.05) is 27.8 Å². The molecule has 0 aliphatic carbocycles. The zero-order valence-corrected chi connectivity index (χ0v) is 13.2. The highest BCUT2D eigenvalue weighted by Gasteiger charge is 2.11. The lowest BCUT2D eigenvalue weighted by Gasteiger charge is -2.16. The quantitative estimate of drug-likeness (QED) is 0.879. The van der Waals surface area contributed by atoms with Gasteiger partial charge in [-0.25, -0.2) is 9.18 Å². The molecule has 0 radical (unpaired) electrons. The van der Waals surface area contributed by atoms with Crippen LogP contribution in [0.25, 0.3) is 0 Å². The number of benzene rings is 1. The van der Waals surface area contributed by atoms with Crippen LogP contribution in [0.2, 0.25) is 0 Å². The van der Waals surface area contributed by atoms with Crippen LogP contribution in [-0.2, 0) is 13.1 Å². The third-order valence-electron chi connectivity index (χ3n) is 2.76. The van der Waals surface area contributed by atoms with Crippen LogP contribution >= 0.6 is 27.3 Å². The molecule has 2 aromatic rings. The van der Waals surface area contributed by atoms with Crippen molar-refractivity contribution >= 4 is 33.2 Å². The Hall–Kier alpha value is -1.24. The molecule has 0 fully saturated rings. The topological polar surface area (TPSA) is 40.5 Å². The SMILES string of the molecule is CN(Cc1ccc(C(=O)O)c(F)c1)Cc1cc(Br)cs1. The molecular formula is C14H13BrFNO2S. The second kappa shape index (κ2) is 6.47. The Balaban J connectivity index is 2.02. The minimum atomic E-state index is -1.24. The van der Waals surface area contributed by atoms with Crippen molar-refractivity contribution in [2.45, 2.75) is 13.1 Å². The van der Waals surface area contributed by atoms with Crippen molar-refractivity contribution in [3.05, 3.63) is 55.9 Å². The standard InChI is InChI=1S/C14H13BrFNO2S/c1-17(7-11-5-10(15)8-20-11)6-9-2-3-12(14(18)19)13(16)4-9/h2-5,8H,6-7H2,1H3,(H,18,19). The average Bonchev–Trinajstić information content (AvgIpc) is 2.74. The Labute approximate surface area is 128 Å². The molecule has 0 atom stereocenters. The van der Waals surface area contributed by atoms with Gasteiger partial charge in [0.1, 0.15) is 5.82 Å². The monoisotopic (exact) mass is 357 g/mol. The summed E-state index contributed by atoms with van der Waals surface area (Å²) < 4.78 is 14.6. The first-order valence-corrected chi connectivity index (χ1v) is 7.56. The van der Waals surface area contributed by atoms with E-state index in [0.717, 1.165) is 16.6 Å². The minimum absolute atomic E-state index is 0.293. The maximum atomic E-state index is 13.6. The predicted molar refractivity (Wildman–Crippen MR) is 80.5 cm³/mol. The number of carbonyl (C=O) groups is 1. The van der Waals surface area contributed by atoms with Gasteiger partial charge in [-0.2, -0.15) is 0 Å². The van der Waals surface area contributed by atoms with Crippen LogP contribution in [0, 0.1) is 5.82 Å². The van der Waals surface area contributed by atoms with E-state index in [1.54, 1.807) is 17.4 Å². The summed E-state index contributed by atoms with van der Waals surface area (Å²) in [6.07, 6.45) is 0. The smallest absolute Gasteiger partial charge is 0.338 e. The molecule has 6 heteroatoms. The molecule has 2 rings (SSSR count). The Kier molecular flexibility index (Phi) is 4.91. The molecule has 0 spiro atoms. The Morgan fingerprint density at radius 3 is 2.70 bits per heavy atom. The number of aromatic carboxylic acids is 1. The number of hydrogen-bond donors (Lipinski definition) is 1. The third-order valence-corrected chi connectivity index (χ3v) is 4.45. The Morgan fingerprint density at radius 2 is 2.15 bits per heavy atom. The number of nitrogens with zero attached hydrogens (tertiary/aromatic N) is 1. The summed E-state index contributed by atoms with van der Waals surface area (Å²) in [5.41, 5.74) is 0.462. The molecule has 1 aromatic heterocycles. The van der Waals surface area contributed by atoms with Gasteiger partial charge in [-0.15, -0.1) is 11.3 Å². The summed E-state index contributed by atoms with van der Waals surface area (Å²) >= 11 is 5.06. The fourth-order valence-electron chi connectivity index (χ4n) is 1.90. The van der Waals surface area contributed by atoms with Crippen molar-refractivity contribution in [1.29, 1.82) is 0 Å². The maximum Gasteiger partial charge on any atom is 0.338 e. The van der Waals surface area contributed by atoms with Crippen molar-refractivity contribution in [1.82, 2.24) is 4.90 Å². The Bertz CT molecular complexity index is 629. The highest BCUT2D eigenvalue weighted by Crippen LogP contribution is 2.21. The average molecular weight is 358 g/mol. The van der Waals surface area contributed by atoms with Crippen molar-refractivity contribution in [2.75, 3.05) is 7.05 Å². The molecule has 0 bridgehead atoms. The first kappa shape index (κ1) is 15.2. The van der Waals surface area contributed by atoms with Crippen LogP contribution in [0.3, 0.4) is 0 Å². The van der Waals surface area contributed by atoms with E-state index in [0.29, 0.717) is 6.54 Å². The second-order valence-corrected chi connectivity index (χ2v) is 6.43. The molecule has 0 unspecified atom stereocenters. The lowest BCUT2D eigenvalue weighted by atomic mass is 10.1. The van der Waals surface area contributed by atoms with E-state index >= 15 is 0 Å². The number of hydrogen-bond acceptors (Lipinski definition) is 3. The molecule has 1 heterocycles. The molecule has 106 valence electrons. The first-order chi connectivity index (χ1) is 9.45. The van der Waals surface area contributed by atoms with Gasteiger partial charge in [0.15, 0.2) is 0 Å². The molecule has 0 aliphatic rings. The fraction of sp³-hybridized carbons (Fsp3) is 0.214. The largest absolute Gasteiger partial charge is 0.478 e. The summed E-state index contributed by atoms with van der Waals surface area (Å²) in [7, 11) is 1.94. The van der Waals surface area contributed by atoms with E-state index in [4.69, 9.17) is 5.11 Å². The number of thiophene rings is 1. The fourth-order valence-corrected chi connectivity index (χ4v) is 3.43. The number of carboxylic acids is 1. The summed E-state index contributed by atoms with van der Waals surface area (Å²) in [6.45, 7) is 1.32. The van der Waals surface area contributed by atoms with E-state index in [9.17, 15) is 9.18 Å². The number of rotatable bonds is 5. The van der Waals surface area contributed by atoms with E-state index in [2.05, 4.69) is 22.0 Å². The van der Waals surface area contributed by atoms with Crippen LogP contribution in [0.4, 0.5) is 4.39 Å². The molecule has 0 saturated carbocycles. The molecule has 1 N–H and O–H groups in total. The molecule has 20 heavy (non-hydrogen) atoms. The highest BCUT2D eigenvalue weighted by atomic mass is 79.9. The van der Waals surface area contributed by atoms with Gasteiger partial charge in [-0.05, 0) is 46.7 Å². The molecule has 3 nitrogen and oxygen atoms in total. The Morgan fingerprint density at radius 1 is 1.40 bits per heavy atom. The molecular weight excluding hydrogens is 345 g/mol. The molecule has 0 amide bonds. The second-order valence-electron chi connectivity index (χ2n) is 4.52. The zero-order valence-electron chi connectivity index (χ0n) is 10.8. The summed E-state index contributed by atoms with van der Waals surface area (Å²) in [5.74, 6) is -1.94. The van der Waals surface area contributed by atoms with Gasteiger partial charge in [0.05, 0.1) is 5.56 Å². The molecule has 0 aliphatic heterocycles. The van der Waals surface area contributed by atoms with E-state index in [1.807, 2.05) is 17.3 Å². The van der Waals surface area contributed by atoms with Crippen LogP contribution in [-0.4, -0.2) is 23.0 Å². The molecule has 0 saturated heterocycles. The number of halogens is 2. The first-order valence-electron chi connectivity index (χ1n) is 5.89. The van der Waals surface area contributed by atoms with Gasteiger partial charge in [0.2, 0.25) is 0 Å². The lowest BCUT2D eigenvalue weighted by Crippen LogP contribution is -2.17. The van der Waals surface area contributed by atoms with Gasteiger partial charge < -0.3 is 5.11 Å².